The monoisotopic (exact) mass is 287 g/mol. The Morgan fingerprint density at radius 2 is 2.14 bits per heavy atom. The van der Waals surface area contributed by atoms with E-state index >= 15 is 0 Å². The van der Waals surface area contributed by atoms with Crippen LogP contribution in [0.1, 0.15) is 54.9 Å². The molecule has 0 saturated carbocycles. The highest BCUT2D eigenvalue weighted by Crippen LogP contribution is 2.22. The lowest BCUT2D eigenvalue weighted by atomic mass is 9.96. The molecule has 1 amide bonds. The predicted octanol–water partition coefficient (Wildman–Crippen LogP) is 3.61. The lowest BCUT2D eigenvalue weighted by Gasteiger charge is -2.20. The van der Waals surface area contributed by atoms with Gasteiger partial charge in [-0.25, -0.2) is 0 Å². The number of rotatable bonds is 5. The number of ketones is 1. The molecule has 1 aromatic rings. The van der Waals surface area contributed by atoms with Gasteiger partial charge < -0.3 is 4.90 Å². The molecule has 3 heteroatoms. The van der Waals surface area contributed by atoms with Gasteiger partial charge in [0, 0.05) is 18.5 Å². The summed E-state index contributed by atoms with van der Waals surface area (Å²) < 4.78 is 0. The smallest absolute Gasteiger partial charge is 0.222 e. The molecule has 21 heavy (non-hydrogen) atoms. The number of benzene rings is 1. The van der Waals surface area contributed by atoms with Crippen molar-refractivity contribution in [2.75, 3.05) is 13.1 Å². The average Bonchev–Trinajstić information content (AvgIpc) is 2.63. The maximum atomic E-state index is 12.3. The third-order valence-corrected chi connectivity index (χ3v) is 4.30. The molecule has 0 bridgehead atoms. The molecule has 1 atom stereocenters. The van der Waals surface area contributed by atoms with E-state index in [0.29, 0.717) is 17.9 Å². The molecule has 2 rings (SSSR count). The van der Waals surface area contributed by atoms with Crippen LogP contribution < -0.4 is 0 Å². The summed E-state index contributed by atoms with van der Waals surface area (Å²) >= 11 is 0. The van der Waals surface area contributed by atoms with Crippen molar-refractivity contribution in [1.29, 1.82) is 0 Å². The second-order valence-corrected chi connectivity index (χ2v) is 6.09. The number of nitrogens with zero attached hydrogens (tertiary/aromatic N) is 1. The summed E-state index contributed by atoms with van der Waals surface area (Å²) in [6.45, 7) is 5.11. The number of hydrogen-bond acceptors (Lipinski definition) is 2. The first-order chi connectivity index (χ1) is 10.1. The van der Waals surface area contributed by atoms with Gasteiger partial charge in [0.1, 0.15) is 0 Å². The lowest BCUT2D eigenvalue weighted by Crippen LogP contribution is -2.35. The molecule has 0 aliphatic carbocycles. The normalized spacial score (nSPS) is 19.4. The van der Waals surface area contributed by atoms with E-state index in [-0.39, 0.29) is 18.2 Å². The van der Waals surface area contributed by atoms with E-state index in [9.17, 15) is 9.59 Å². The highest BCUT2D eigenvalue weighted by atomic mass is 16.2. The van der Waals surface area contributed by atoms with Gasteiger partial charge in [-0.1, -0.05) is 43.5 Å². The average molecular weight is 287 g/mol. The Hall–Kier alpha value is -1.64. The molecule has 1 heterocycles. The number of carbonyl (C=O) groups is 2. The van der Waals surface area contributed by atoms with Crippen LogP contribution in [0.4, 0.5) is 0 Å². The first-order valence-electron chi connectivity index (χ1n) is 7.97. The van der Waals surface area contributed by atoms with Crippen molar-refractivity contribution < 1.29 is 9.59 Å². The van der Waals surface area contributed by atoms with Crippen molar-refractivity contribution >= 4 is 11.7 Å². The Labute approximate surface area is 127 Å². The van der Waals surface area contributed by atoms with E-state index in [1.165, 1.54) is 12.8 Å². The standard InChI is InChI=1S/C18H25NO2/c1-3-5-15-8-9-18(21)19(11-10-15)13-17(20)16-7-4-6-14(2)12-16/h4,6-7,12,15H,3,5,8-11,13H2,1-2H3. The number of likely N-dealkylation sites (tertiary alicyclic amines) is 1. The van der Waals surface area contributed by atoms with E-state index < -0.39 is 0 Å². The Balaban J connectivity index is 1.98. The Kier molecular flexibility index (Phi) is 5.54. The van der Waals surface area contributed by atoms with Gasteiger partial charge in [-0.2, -0.15) is 0 Å². The number of Topliss-reactive ketones (excluding diaryl/α,β-unsaturated/α-hetero) is 1. The molecule has 1 saturated heterocycles. The zero-order chi connectivity index (χ0) is 15.2. The maximum absolute atomic E-state index is 12.3. The van der Waals surface area contributed by atoms with Gasteiger partial charge in [0.2, 0.25) is 5.91 Å². The highest BCUT2D eigenvalue weighted by molar-refractivity contribution is 5.99. The molecule has 0 spiro atoms. The van der Waals surface area contributed by atoms with E-state index in [1.807, 2.05) is 31.2 Å². The van der Waals surface area contributed by atoms with Gasteiger partial charge in [-0.15, -0.1) is 0 Å². The quantitative estimate of drug-likeness (QED) is 0.776. The Bertz CT molecular complexity index is 510. The summed E-state index contributed by atoms with van der Waals surface area (Å²) in [7, 11) is 0. The molecule has 1 aliphatic heterocycles. The number of amides is 1. The first-order valence-corrected chi connectivity index (χ1v) is 7.97. The minimum Gasteiger partial charge on any atom is -0.335 e. The first kappa shape index (κ1) is 15.7. The molecule has 1 aromatic carbocycles. The van der Waals surface area contributed by atoms with E-state index in [2.05, 4.69) is 6.92 Å². The molecule has 0 N–H and O–H groups in total. The van der Waals surface area contributed by atoms with Gasteiger partial charge >= 0.3 is 0 Å². The molecule has 0 radical (unpaired) electrons. The van der Waals surface area contributed by atoms with Crippen molar-refractivity contribution in [3.8, 4) is 0 Å². The van der Waals surface area contributed by atoms with Crippen LogP contribution in [-0.2, 0) is 4.79 Å². The second-order valence-electron chi connectivity index (χ2n) is 6.09. The Morgan fingerprint density at radius 3 is 2.86 bits per heavy atom. The summed E-state index contributed by atoms with van der Waals surface area (Å²) in [5, 5.41) is 0. The summed E-state index contributed by atoms with van der Waals surface area (Å²) in [4.78, 5) is 26.3. The van der Waals surface area contributed by atoms with Crippen LogP contribution in [0.15, 0.2) is 24.3 Å². The van der Waals surface area contributed by atoms with Crippen molar-refractivity contribution in [3.63, 3.8) is 0 Å². The van der Waals surface area contributed by atoms with Gasteiger partial charge in [0.25, 0.3) is 0 Å². The predicted molar refractivity (Wildman–Crippen MR) is 84.3 cm³/mol. The summed E-state index contributed by atoms with van der Waals surface area (Å²) in [6, 6.07) is 7.59. The molecule has 1 unspecified atom stereocenters. The molecule has 114 valence electrons. The van der Waals surface area contributed by atoms with Crippen LogP contribution in [0, 0.1) is 12.8 Å². The molecule has 0 aromatic heterocycles. The summed E-state index contributed by atoms with van der Waals surface area (Å²) in [5.41, 5.74) is 1.78. The fourth-order valence-corrected chi connectivity index (χ4v) is 3.04. The van der Waals surface area contributed by atoms with Crippen LogP contribution in [0.3, 0.4) is 0 Å². The zero-order valence-corrected chi connectivity index (χ0v) is 13.1. The van der Waals surface area contributed by atoms with Crippen LogP contribution in [0.2, 0.25) is 0 Å². The minimum absolute atomic E-state index is 0.0426. The molecule has 1 fully saturated rings. The van der Waals surface area contributed by atoms with Crippen LogP contribution in [-0.4, -0.2) is 29.7 Å². The maximum Gasteiger partial charge on any atom is 0.222 e. The van der Waals surface area contributed by atoms with E-state index in [0.717, 1.165) is 24.9 Å². The SMILES string of the molecule is CCCC1CCC(=O)N(CC(=O)c2cccc(C)c2)CC1. The number of aryl methyl sites for hydroxylation is 1. The van der Waals surface area contributed by atoms with Gasteiger partial charge in [-0.05, 0) is 31.7 Å². The van der Waals surface area contributed by atoms with Crippen molar-refractivity contribution in [3.05, 3.63) is 35.4 Å². The topological polar surface area (TPSA) is 37.4 Å². The zero-order valence-electron chi connectivity index (χ0n) is 13.1. The lowest BCUT2D eigenvalue weighted by molar-refractivity contribution is -0.130. The minimum atomic E-state index is 0.0426. The van der Waals surface area contributed by atoms with Crippen molar-refractivity contribution in [2.45, 2.75) is 46.0 Å². The van der Waals surface area contributed by atoms with Gasteiger partial charge in [-0.3, -0.25) is 9.59 Å². The van der Waals surface area contributed by atoms with E-state index in [4.69, 9.17) is 0 Å². The number of hydrogen-bond donors (Lipinski definition) is 0. The second kappa shape index (κ2) is 7.39. The molecule has 3 nitrogen and oxygen atoms in total. The van der Waals surface area contributed by atoms with Gasteiger partial charge in [0.05, 0.1) is 6.54 Å². The largest absolute Gasteiger partial charge is 0.335 e. The van der Waals surface area contributed by atoms with Crippen LogP contribution in [0.5, 0.6) is 0 Å². The third kappa shape index (κ3) is 4.42. The third-order valence-electron chi connectivity index (χ3n) is 4.30. The summed E-state index contributed by atoms with van der Waals surface area (Å²) in [6.07, 6.45) is 4.95. The molecular formula is C18H25NO2. The van der Waals surface area contributed by atoms with Gasteiger partial charge in [0.15, 0.2) is 5.78 Å². The van der Waals surface area contributed by atoms with Crippen LogP contribution >= 0.6 is 0 Å². The number of carbonyl (C=O) groups excluding carboxylic acids is 2. The van der Waals surface area contributed by atoms with E-state index in [1.54, 1.807) is 4.90 Å². The molecule has 1 aliphatic rings. The fourth-order valence-electron chi connectivity index (χ4n) is 3.04. The Morgan fingerprint density at radius 1 is 1.33 bits per heavy atom. The molecular weight excluding hydrogens is 262 g/mol. The van der Waals surface area contributed by atoms with Crippen LogP contribution in [0.25, 0.3) is 0 Å². The summed E-state index contributed by atoms with van der Waals surface area (Å²) in [5.74, 6) is 0.814. The van der Waals surface area contributed by atoms with Crippen molar-refractivity contribution in [2.24, 2.45) is 5.92 Å². The fraction of sp³-hybridized carbons (Fsp3) is 0.556. The van der Waals surface area contributed by atoms with Crippen molar-refractivity contribution in [1.82, 2.24) is 4.90 Å². The highest BCUT2D eigenvalue weighted by Gasteiger charge is 2.23.